The van der Waals surface area contributed by atoms with E-state index in [0.29, 0.717) is 6.61 Å². The average Bonchev–Trinajstić information content (AvgIpc) is 2.78. The molecule has 0 aliphatic heterocycles. The summed E-state index contributed by atoms with van der Waals surface area (Å²) in [5.41, 5.74) is 1.89. The van der Waals surface area contributed by atoms with Gasteiger partial charge in [0.1, 0.15) is 6.61 Å². The van der Waals surface area contributed by atoms with Gasteiger partial charge >= 0.3 is 5.97 Å². The maximum Gasteiger partial charge on any atom is 0.316 e. The molecule has 19 heavy (non-hydrogen) atoms. The van der Waals surface area contributed by atoms with Crippen LogP contribution in [0.5, 0.6) is 0 Å². The minimum atomic E-state index is -0.215. The van der Waals surface area contributed by atoms with E-state index in [1.165, 1.54) is 11.8 Å². The molecule has 5 nitrogen and oxygen atoms in total. The molecule has 1 aromatic heterocycles. The zero-order chi connectivity index (χ0) is 13.7. The Kier molecular flexibility index (Phi) is 4.81. The van der Waals surface area contributed by atoms with E-state index in [-0.39, 0.29) is 11.7 Å². The number of likely N-dealkylation sites (N-methyl/N-ethyl adjacent to an activating group) is 1. The van der Waals surface area contributed by atoms with E-state index in [9.17, 15) is 4.79 Å². The molecular formula is C13H17N3O2S. The number of fused-ring (bicyclic) bond motifs is 1. The number of hydrogen-bond acceptors (Lipinski definition) is 5. The molecule has 0 unspecified atom stereocenters. The molecule has 1 N–H and O–H groups in total. The lowest BCUT2D eigenvalue weighted by molar-refractivity contribution is -0.140. The third kappa shape index (κ3) is 4.25. The number of nitrogens with one attached hydrogen (secondary N) is 1. The number of H-pyrrole nitrogens is 1. The summed E-state index contributed by atoms with van der Waals surface area (Å²) >= 11 is 1.36. The highest BCUT2D eigenvalue weighted by Crippen LogP contribution is 2.18. The fourth-order valence-corrected chi connectivity index (χ4v) is 2.19. The number of carbonyl (C=O) groups is 1. The van der Waals surface area contributed by atoms with E-state index in [0.717, 1.165) is 22.7 Å². The molecule has 0 spiro atoms. The monoisotopic (exact) mass is 279 g/mol. The Morgan fingerprint density at radius 1 is 1.42 bits per heavy atom. The minimum absolute atomic E-state index is 0.215. The van der Waals surface area contributed by atoms with E-state index >= 15 is 0 Å². The van der Waals surface area contributed by atoms with Crippen molar-refractivity contribution >= 4 is 28.8 Å². The van der Waals surface area contributed by atoms with Crippen molar-refractivity contribution < 1.29 is 9.53 Å². The molecule has 6 heteroatoms. The highest BCUT2D eigenvalue weighted by Gasteiger charge is 2.07. The largest absolute Gasteiger partial charge is 0.464 e. The molecule has 102 valence electrons. The predicted molar refractivity (Wildman–Crippen MR) is 76.3 cm³/mol. The smallest absolute Gasteiger partial charge is 0.316 e. The van der Waals surface area contributed by atoms with Gasteiger partial charge in [0, 0.05) is 6.54 Å². The average molecular weight is 279 g/mol. The van der Waals surface area contributed by atoms with Crippen LogP contribution >= 0.6 is 11.8 Å². The maximum atomic E-state index is 11.5. The lowest BCUT2D eigenvalue weighted by atomic mass is 10.3. The SMILES string of the molecule is CN(C)CCOC(=O)CSc1nc2ccccc2[nH]1. The third-order valence-electron chi connectivity index (χ3n) is 2.50. The quantitative estimate of drug-likeness (QED) is 0.645. The molecule has 0 aliphatic carbocycles. The van der Waals surface area contributed by atoms with Gasteiger partial charge in [-0.15, -0.1) is 0 Å². The molecule has 2 aromatic rings. The van der Waals surface area contributed by atoms with Gasteiger partial charge in [-0.05, 0) is 26.2 Å². The number of esters is 1. The van der Waals surface area contributed by atoms with Gasteiger partial charge in [-0.1, -0.05) is 23.9 Å². The second-order valence-electron chi connectivity index (χ2n) is 4.37. The number of thioether (sulfide) groups is 1. The van der Waals surface area contributed by atoms with Gasteiger partial charge in [0.15, 0.2) is 5.16 Å². The summed E-state index contributed by atoms with van der Waals surface area (Å²) in [7, 11) is 3.88. The maximum absolute atomic E-state index is 11.5. The fourth-order valence-electron chi connectivity index (χ4n) is 1.51. The molecule has 0 amide bonds. The van der Waals surface area contributed by atoms with Crippen LogP contribution in [0.3, 0.4) is 0 Å². The van der Waals surface area contributed by atoms with Crippen LogP contribution in [0.4, 0.5) is 0 Å². The molecule has 0 radical (unpaired) electrons. The number of imidazole rings is 1. The lowest BCUT2D eigenvalue weighted by Gasteiger charge is -2.09. The first-order valence-electron chi connectivity index (χ1n) is 6.03. The van der Waals surface area contributed by atoms with Crippen molar-refractivity contribution in [1.82, 2.24) is 14.9 Å². The summed E-state index contributed by atoms with van der Waals surface area (Å²) in [5.74, 6) is 0.0556. The Bertz CT molecular complexity index is 521. The second kappa shape index (κ2) is 6.58. The Morgan fingerprint density at radius 2 is 2.21 bits per heavy atom. The topological polar surface area (TPSA) is 58.2 Å². The van der Waals surface area contributed by atoms with Crippen LogP contribution in [-0.4, -0.2) is 53.8 Å². The number of carbonyl (C=O) groups excluding carboxylic acids is 1. The second-order valence-corrected chi connectivity index (χ2v) is 5.34. The molecule has 0 aliphatic rings. The van der Waals surface area contributed by atoms with E-state index in [4.69, 9.17) is 4.74 Å². The standard InChI is InChI=1S/C13H17N3O2S/c1-16(2)7-8-18-12(17)9-19-13-14-10-5-3-4-6-11(10)15-13/h3-6H,7-9H2,1-2H3,(H,14,15). The zero-order valence-corrected chi connectivity index (χ0v) is 11.9. The molecule has 0 saturated heterocycles. The van der Waals surface area contributed by atoms with E-state index in [1.807, 2.05) is 43.3 Å². The van der Waals surface area contributed by atoms with Crippen molar-refractivity contribution in [2.24, 2.45) is 0 Å². The van der Waals surface area contributed by atoms with Gasteiger partial charge in [0.05, 0.1) is 16.8 Å². The van der Waals surface area contributed by atoms with Gasteiger partial charge in [-0.3, -0.25) is 4.79 Å². The first-order valence-corrected chi connectivity index (χ1v) is 7.01. The van der Waals surface area contributed by atoms with Crippen LogP contribution in [0.1, 0.15) is 0 Å². The first-order chi connectivity index (χ1) is 9.15. The van der Waals surface area contributed by atoms with Crippen molar-refractivity contribution in [1.29, 1.82) is 0 Å². The van der Waals surface area contributed by atoms with Gasteiger partial charge in [0.25, 0.3) is 0 Å². The number of rotatable bonds is 6. The minimum Gasteiger partial charge on any atom is -0.464 e. The Morgan fingerprint density at radius 3 is 2.95 bits per heavy atom. The summed E-state index contributed by atoms with van der Waals surface area (Å²) in [6.45, 7) is 1.16. The number of aromatic amines is 1. The van der Waals surface area contributed by atoms with Crippen LogP contribution in [0.15, 0.2) is 29.4 Å². The number of ether oxygens (including phenoxy) is 1. The normalized spacial score (nSPS) is 11.1. The van der Waals surface area contributed by atoms with Crippen LogP contribution in [0.2, 0.25) is 0 Å². The summed E-state index contributed by atoms with van der Waals surface area (Å²) in [6, 6.07) is 7.78. The van der Waals surface area contributed by atoms with Crippen LogP contribution in [0, 0.1) is 0 Å². The molecule has 0 saturated carbocycles. The van der Waals surface area contributed by atoms with E-state index in [1.54, 1.807) is 0 Å². The lowest BCUT2D eigenvalue weighted by Crippen LogP contribution is -2.20. The summed E-state index contributed by atoms with van der Waals surface area (Å²) in [4.78, 5) is 21.0. The Hall–Kier alpha value is -1.53. The summed E-state index contributed by atoms with van der Waals surface area (Å²) in [6.07, 6.45) is 0. The van der Waals surface area contributed by atoms with Crippen LogP contribution < -0.4 is 0 Å². The molecule has 0 fully saturated rings. The van der Waals surface area contributed by atoms with Crippen molar-refractivity contribution in [3.05, 3.63) is 24.3 Å². The molecular weight excluding hydrogens is 262 g/mol. The Balaban J connectivity index is 1.80. The highest BCUT2D eigenvalue weighted by molar-refractivity contribution is 7.99. The van der Waals surface area contributed by atoms with Crippen LogP contribution in [0.25, 0.3) is 11.0 Å². The highest BCUT2D eigenvalue weighted by atomic mass is 32.2. The zero-order valence-electron chi connectivity index (χ0n) is 11.0. The Labute approximate surface area is 116 Å². The molecule has 0 atom stereocenters. The van der Waals surface area contributed by atoms with E-state index in [2.05, 4.69) is 9.97 Å². The van der Waals surface area contributed by atoms with Crippen LogP contribution in [-0.2, 0) is 9.53 Å². The van der Waals surface area contributed by atoms with Gasteiger partial charge < -0.3 is 14.6 Å². The predicted octanol–water partition coefficient (Wildman–Crippen LogP) is 1.76. The van der Waals surface area contributed by atoms with Gasteiger partial charge in [-0.25, -0.2) is 4.98 Å². The first kappa shape index (κ1) is 13.9. The third-order valence-corrected chi connectivity index (χ3v) is 3.34. The molecule has 2 rings (SSSR count). The fraction of sp³-hybridized carbons (Fsp3) is 0.385. The molecule has 0 bridgehead atoms. The molecule has 1 heterocycles. The number of hydrogen-bond donors (Lipinski definition) is 1. The summed E-state index contributed by atoms with van der Waals surface area (Å²) in [5, 5.41) is 0.741. The molecule has 1 aromatic carbocycles. The number of para-hydroxylation sites is 2. The number of benzene rings is 1. The van der Waals surface area contributed by atoms with Crippen molar-refractivity contribution in [3.8, 4) is 0 Å². The van der Waals surface area contributed by atoms with Gasteiger partial charge in [0.2, 0.25) is 0 Å². The van der Waals surface area contributed by atoms with Gasteiger partial charge in [-0.2, -0.15) is 0 Å². The van der Waals surface area contributed by atoms with Crippen molar-refractivity contribution in [2.75, 3.05) is 33.0 Å². The van der Waals surface area contributed by atoms with Crippen molar-refractivity contribution in [2.45, 2.75) is 5.16 Å². The van der Waals surface area contributed by atoms with E-state index < -0.39 is 0 Å². The number of aromatic nitrogens is 2. The van der Waals surface area contributed by atoms with Crippen molar-refractivity contribution in [3.63, 3.8) is 0 Å². The number of nitrogens with zero attached hydrogens (tertiary/aromatic N) is 2. The summed E-state index contributed by atoms with van der Waals surface area (Å²) < 4.78 is 5.11.